The van der Waals surface area contributed by atoms with Crippen LogP contribution in [0.2, 0.25) is 0 Å². The van der Waals surface area contributed by atoms with E-state index in [1.807, 2.05) is 0 Å². The summed E-state index contributed by atoms with van der Waals surface area (Å²) in [6.45, 7) is 3.15. The van der Waals surface area contributed by atoms with Crippen molar-refractivity contribution in [2.75, 3.05) is 26.2 Å². The maximum Gasteiger partial charge on any atom is 0.312 e. The van der Waals surface area contributed by atoms with Gasteiger partial charge >= 0.3 is 11.8 Å². The molecule has 0 spiro atoms. The van der Waals surface area contributed by atoms with Gasteiger partial charge in [0.25, 0.3) is 0 Å². The molecule has 2 saturated heterocycles. The fraction of sp³-hybridized carbons (Fsp3) is 0.800. The van der Waals surface area contributed by atoms with Gasteiger partial charge in [0.15, 0.2) is 0 Å². The van der Waals surface area contributed by atoms with E-state index in [0.717, 1.165) is 32.4 Å². The van der Waals surface area contributed by atoms with Gasteiger partial charge in [-0.3, -0.25) is 9.59 Å². The molecule has 5 heteroatoms. The lowest BCUT2D eigenvalue weighted by molar-refractivity contribution is -0.146. The van der Waals surface area contributed by atoms with Gasteiger partial charge in [0.2, 0.25) is 0 Å². The highest BCUT2D eigenvalue weighted by molar-refractivity contribution is 6.35. The summed E-state index contributed by atoms with van der Waals surface area (Å²) in [5.41, 5.74) is 0. The Hall–Kier alpha value is -1.10. The maximum atomic E-state index is 11.7. The summed E-state index contributed by atoms with van der Waals surface area (Å²) in [5, 5.41) is 5.88. The highest BCUT2D eigenvalue weighted by Gasteiger charge is 2.30. The van der Waals surface area contributed by atoms with Crippen LogP contribution in [0, 0.1) is 0 Å². The lowest BCUT2D eigenvalue weighted by atomic mass is 10.1. The zero-order valence-electron chi connectivity index (χ0n) is 8.79. The third kappa shape index (κ3) is 2.28. The molecule has 0 aliphatic carbocycles. The highest BCUT2D eigenvalue weighted by Crippen LogP contribution is 2.12. The molecule has 2 aliphatic rings. The molecule has 0 radical (unpaired) electrons. The zero-order valence-corrected chi connectivity index (χ0v) is 8.79. The molecule has 2 aliphatic heterocycles. The monoisotopic (exact) mass is 211 g/mol. The first-order chi connectivity index (χ1) is 7.29. The Morgan fingerprint density at radius 1 is 1.20 bits per heavy atom. The lowest BCUT2D eigenvalue weighted by Gasteiger charge is -2.33. The van der Waals surface area contributed by atoms with Gasteiger partial charge in [0.1, 0.15) is 0 Å². The minimum atomic E-state index is -0.446. The lowest BCUT2D eigenvalue weighted by Crippen LogP contribution is -2.51. The normalized spacial score (nSPS) is 28.5. The van der Waals surface area contributed by atoms with Crippen molar-refractivity contribution in [1.82, 2.24) is 15.5 Å². The zero-order chi connectivity index (χ0) is 10.7. The van der Waals surface area contributed by atoms with Crippen LogP contribution in [0.1, 0.15) is 19.3 Å². The van der Waals surface area contributed by atoms with E-state index in [-0.39, 0.29) is 11.9 Å². The number of hydrogen-bond donors (Lipinski definition) is 2. The summed E-state index contributed by atoms with van der Waals surface area (Å²) >= 11 is 0. The number of carbonyl (C=O) groups excluding carboxylic acids is 2. The Bertz CT molecular complexity index is 261. The van der Waals surface area contributed by atoms with Crippen molar-refractivity contribution >= 4 is 11.8 Å². The summed E-state index contributed by atoms with van der Waals surface area (Å²) in [7, 11) is 0. The second kappa shape index (κ2) is 4.61. The van der Waals surface area contributed by atoms with Crippen molar-refractivity contribution < 1.29 is 9.59 Å². The van der Waals surface area contributed by atoms with Crippen LogP contribution in [0.15, 0.2) is 0 Å². The molecule has 5 nitrogen and oxygen atoms in total. The fourth-order valence-corrected chi connectivity index (χ4v) is 2.21. The number of carbonyl (C=O) groups is 2. The van der Waals surface area contributed by atoms with Crippen molar-refractivity contribution in [1.29, 1.82) is 0 Å². The summed E-state index contributed by atoms with van der Waals surface area (Å²) in [6.07, 6.45) is 2.94. The molecule has 1 atom stereocenters. The molecule has 0 aromatic rings. The molecule has 2 rings (SSSR count). The van der Waals surface area contributed by atoms with Gasteiger partial charge < -0.3 is 15.5 Å². The number of hydrogen-bond acceptors (Lipinski definition) is 3. The first-order valence-corrected chi connectivity index (χ1v) is 5.58. The van der Waals surface area contributed by atoms with E-state index in [1.54, 1.807) is 4.90 Å². The molecule has 2 fully saturated rings. The third-order valence-electron chi connectivity index (χ3n) is 3.03. The van der Waals surface area contributed by atoms with E-state index >= 15 is 0 Å². The molecule has 0 saturated carbocycles. The van der Waals surface area contributed by atoms with Crippen molar-refractivity contribution in [2.45, 2.75) is 25.3 Å². The van der Waals surface area contributed by atoms with E-state index in [0.29, 0.717) is 13.1 Å². The summed E-state index contributed by atoms with van der Waals surface area (Å²) in [4.78, 5) is 24.8. The Labute approximate surface area is 89.2 Å². The molecular weight excluding hydrogens is 194 g/mol. The maximum absolute atomic E-state index is 11.7. The number of nitrogens with one attached hydrogen (secondary N) is 2. The first-order valence-electron chi connectivity index (χ1n) is 5.58. The van der Waals surface area contributed by atoms with Gasteiger partial charge in [-0.05, 0) is 25.8 Å². The molecule has 2 amide bonds. The van der Waals surface area contributed by atoms with Crippen molar-refractivity contribution in [2.24, 2.45) is 0 Å². The first kappa shape index (κ1) is 10.4. The minimum Gasteiger partial charge on any atom is -0.348 e. The van der Waals surface area contributed by atoms with Crippen LogP contribution in [0.3, 0.4) is 0 Å². The predicted molar refractivity (Wildman–Crippen MR) is 55.2 cm³/mol. The van der Waals surface area contributed by atoms with E-state index in [9.17, 15) is 9.59 Å². The van der Waals surface area contributed by atoms with E-state index < -0.39 is 5.91 Å². The van der Waals surface area contributed by atoms with Gasteiger partial charge in [-0.1, -0.05) is 0 Å². The van der Waals surface area contributed by atoms with Gasteiger partial charge in [-0.15, -0.1) is 0 Å². The largest absolute Gasteiger partial charge is 0.348 e. The van der Waals surface area contributed by atoms with Crippen LogP contribution < -0.4 is 10.6 Å². The smallest absolute Gasteiger partial charge is 0.312 e. The molecule has 2 N–H and O–H groups in total. The average molecular weight is 211 g/mol. The quantitative estimate of drug-likeness (QED) is 0.552. The topological polar surface area (TPSA) is 61.4 Å². The molecule has 84 valence electrons. The Balaban J connectivity index is 2.04. The fourth-order valence-electron chi connectivity index (χ4n) is 2.21. The Morgan fingerprint density at radius 2 is 2.07 bits per heavy atom. The van der Waals surface area contributed by atoms with Gasteiger partial charge in [0, 0.05) is 25.7 Å². The average Bonchev–Trinajstić information content (AvgIpc) is 2.44. The Kier molecular flexibility index (Phi) is 3.20. The van der Waals surface area contributed by atoms with Crippen LogP contribution in [-0.2, 0) is 9.59 Å². The standard InChI is InChI=1S/C10H17N3O2/c14-9-10(15)13(6-2-5-12-9)8-3-1-4-11-7-8/h8,11H,1-7H2,(H,12,14). The van der Waals surface area contributed by atoms with Crippen molar-refractivity contribution in [3.05, 3.63) is 0 Å². The van der Waals surface area contributed by atoms with Gasteiger partial charge in [0.05, 0.1) is 0 Å². The number of nitrogens with zero attached hydrogens (tertiary/aromatic N) is 1. The highest BCUT2D eigenvalue weighted by atomic mass is 16.2. The van der Waals surface area contributed by atoms with Gasteiger partial charge in [-0.25, -0.2) is 0 Å². The summed E-state index contributed by atoms with van der Waals surface area (Å²) < 4.78 is 0. The number of amides is 2. The van der Waals surface area contributed by atoms with Crippen LogP contribution in [0.5, 0.6) is 0 Å². The van der Waals surface area contributed by atoms with Crippen LogP contribution in [-0.4, -0.2) is 48.9 Å². The molecule has 0 aromatic heterocycles. The van der Waals surface area contributed by atoms with E-state index in [2.05, 4.69) is 10.6 Å². The molecule has 2 heterocycles. The Morgan fingerprint density at radius 3 is 2.80 bits per heavy atom. The van der Waals surface area contributed by atoms with Crippen molar-refractivity contribution in [3.8, 4) is 0 Å². The van der Waals surface area contributed by atoms with Crippen LogP contribution >= 0.6 is 0 Å². The summed E-state index contributed by atoms with van der Waals surface area (Å²) in [6, 6.07) is 0.204. The predicted octanol–water partition coefficient (Wildman–Crippen LogP) is -0.913. The molecule has 15 heavy (non-hydrogen) atoms. The number of piperidine rings is 1. The third-order valence-corrected chi connectivity index (χ3v) is 3.03. The van der Waals surface area contributed by atoms with Crippen molar-refractivity contribution in [3.63, 3.8) is 0 Å². The SMILES string of the molecule is O=C1NCCCN(C2CCCNC2)C1=O. The molecular formula is C10H17N3O2. The second-order valence-corrected chi connectivity index (χ2v) is 4.11. The van der Waals surface area contributed by atoms with Crippen LogP contribution in [0.25, 0.3) is 0 Å². The van der Waals surface area contributed by atoms with E-state index in [4.69, 9.17) is 0 Å². The minimum absolute atomic E-state index is 0.204. The molecule has 0 aromatic carbocycles. The molecule has 1 unspecified atom stereocenters. The molecule has 0 bridgehead atoms. The second-order valence-electron chi connectivity index (χ2n) is 4.11. The van der Waals surface area contributed by atoms with Crippen LogP contribution in [0.4, 0.5) is 0 Å². The van der Waals surface area contributed by atoms with Gasteiger partial charge in [-0.2, -0.15) is 0 Å². The van der Waals surface area contributed by atoms with E-state index in [1.165, 1.54) is 0 Å². The summed E-state index contributed by atoms with van der Waals surface area (Å²) in [5.74, 6) is -0.806. The number of rotatable bonds is 1.